The molecule has 0 radical (unpaired) electrons. The van der Waals surface area contributed by atoms with E-state index in [9.17, 15) is 17.9 Å². The third kappa shape index (κ3) is 2.81. The molecule has 1 rings (SSSR count). The highest BCUT2D eigenvalue weighted by molar-refractivity contribution is 8.13. The predicted octanol–water partition coefficient (Wildman–Crippen LogP) is 2.23. The van der Waals surface area contributed by atoms with Crippen molar-refractivity contribution in [2.24, 2.45) is 0 Å². The second-order valence-electron chi connectivity index (χ2n) is 3.61. The highest BCUT2D eigenvalue weighted by Crippen LogP contribution is 2.39. The first kappa shape index (κ1) is 14.1. The Bertz CT molecular complexity index is 554. The molecule has 0 heterocycles. The Kier molecular flexibility index (Phi) is 3.88. The van der Waals surface area contributed by atoms with Crippen molar-refractivity contribution in [1.29, 1.82) is 0 Å². The van der Waals surface area contributed by atoms with Crippen LogP contribution in [0.3, 0.4) is 0 Å². The minimum absolute atomic E-state index is 0.0463. The van der Waals surface area contributed by atoms with Crippen LogP contribution in [0.1, 0.15) is 16.7 Å². The first-order chi connectivity index (χ1) is 7.69. The van der Waals surface area contributed by atoms with Gasteiger partial charge in [0.1, 0.15) is 5.82 Å². The Labute approximate surface area is 103 Å². The molecule has 0 aliphatic heterocycles. The molecule has 7 heteroatoms. The maximum absolute atomic E-state index is 13.8. The van der Waals surface area contributed by atoms with Crippen molar-refractivity contribution in [2.75, 3.05) is 7.11 Å². The van der Waals surface area contributed by atoms with E-state index in [0.717, 1.165) is 0 Å². The molecule has 17 heavy (non-hydrogen) atoms. The summed E-state index contributed by atoms with van der Waals surface area (Å²) in [6.45, 7) is 2.80. The number of phenolic OH excluding ortho intramolecular Hbond substituents is 1. The summed E-state index contributed by atoms with van der Waals surface area (Å²) in [5, 5.41) is 9.82. The van der Waals surface area contributed by atoms with Crippen molar-refractivity contribution < 1.29 is 22.7 Å². The fourth-order valence-corrected chi connectivity index (χ4v) is 2.63. The van der Waals surface area contributed by atoms with Crippen LogP contribution in [0.4, 0.5) is 4.39 Å². The lowest BCUT2D eigenvalue weighted by atomic mass is 10.0. The Morgan fingerprint density at radius 1 is 1.35 bits per heavy atom. The van der Waals surface area contributed by atoms with Crippen LogP contribution in [0.25, 0.3) is 0 Å². The molecule has 1 aromatic rings. The first-order valence-corrected chi connectivity index (χ1v) is 7.13. The molecule has 0 aromatic heterocycles. The topological polar surface area (TPSA) is 63.6 Å². The molecule has 0 atom stereocenters. The molecule has 1 aromatic carbocycles. The quantitative estimate of drug-likeness (QED) is 0.864. The van der Waals surface area contributed by atoms with Crippen LogP contribution < -0.4 is 4.74 Å². The zero-order chi connectivity index (χ0) is 13.4. The van der Waals surface area contributed by atoms with E-state index in [2.05, 4.69) is 0 Å². The Hall–Kier alpha value is -1.01. The van der Waals surface area contributed by atoms with E-state index in [4.69, 9.17) is 15.4 Å². The molecule has 0 bridgehead atoms. The lowest BCUT2D eigenvalue weighted by Gasteiger charge is -2.15. The van der Waals surface area contributed by atoms with Gasteiger partial charge in [0, 0.05) is 21.8 Å². The van der Waals surface area contributed by atoms with Crippen LogP contribution >= 0.6 is 10.7 Å². The standard InChI is InChI=1S/C10H12ClFO4S/c1-5-7(4-17(11,14)15)9(13)10(16-3)6(2)8(5)12/h13H,4H2,1-3H3. The molecule has 96 valence electrons. The Balaban J connectivity index is 3.56. The van der Waals surface area contributed by atoms with Gasteiger partial charge in [-0.1, -0.05) is 0 Å². The van der Waals surface area contributed by atoms with E-state index in [-0.39, 0.29) is 22.4 Å². The summed E-state index contributed by atoms with van der Waals surface area (Å²) in [4.78, 5) is 0. The van der Waals surface area contributed by atoms with Gasteiger partial charge < -0.3 is 9.84 Å². The average molecular weight is 283 g/mol. The van der Waals surface area contributed by atoms with E-state index in [1.165, 1.54) is 21.0 Å². The maximum atomic E-state index is 13.8. The lowest BCUT2D eigenvalue weighted by Crippen LogP contribution is -2.04. The van der Waals surface area contributed by atoms with Crippen molar-refractivity contribution in [1.82, 2.24) is 0 Å². The lowest BCUT2D eigenvalue weighted by molar-refractivity contribution is 0.364. The Morgan fingerprint density at radius 2 is 1.88 bits per heavy atom. The average Bonchev–Trinajstić information content (AvgIpc) is 2.21. The minimum atomic E-state index is -3.89. The molecule has 0 aliphatic carbocycles. The van der Waals surface area contributed by atoms with Gasteiger partial charge in [-0.2, -0.15) is 0 Å². The zero-order valence-electron chi connectivity index (χ0n) is 9.54. The number of aromatic hydroxyl groups is 1. The molecule has 1 N–H and O–H groups in total. The number of benzene rings is 1. The molecule has 0 spiro atoms. The number of hydrogen-bond acceptors (Lipinski definition) is 4. The van der Waals surface area contributed by atoms with Gasteiger partial charge in [0.05, 0.1) is 12.9 Å². The van der Waals surface area contributed by atoms with Crippen molar-refractivity contribution in [3.8, 4) is 11.5 Å². The summed E-state index contributed by atoms with van der Waals surface area (Å²) in [5.74, 6) is -1.74. The summed E-state index contributed by atoms with van der Waals surface area (Å²) < 4.78 is 40.6. The highest BCUT2D eigenvalue weighted by atomic mass is 35.7. The van der Waals surface area contributed by atoms with E-state index in [1.807, 2.05) is 0 Å². The molecular weight excluding hydrogens is 271 g/mol. The van der Waals surface area contributed by atoms with Crippen LogP contribution in [0, 0.1) is 19.7 Å². The zero-order valence-corrected chi connectivity index (χ0v) is 11.1. The number of rotatable bonds is 3. The smallest absolute Gasteiger partial charge is 0.236 e. The SMILES string of the molecule is COc1c(C)c(F)c(C)c(CS(=O)(=O)Cl)c1O. The predicted molar refractivity (Wildman–Crippen MR) is 62.6 cm³/mol. The van der Waals surface area contributed by atoms with Crippen molar-refractivity contribution in [3.05, 3.63) is 22.5 Å². The van der Waals surface area contributed by atoms with Crippen LogP contribution in [-0.4, -0.2) is 20.6 Å². The largest absolute Gasteiger partial charge is 0.504 e. The highest BCUT2D eigenvalue weighted by Gasteiger charge is 2.23. The third-order valence-electron chi connectivity index (χ3n) is 2.47. The molecule has 0 amide bonds. The van der Waals surface area contributed by atoms with Crippen LogP contribution in [-0.2, 0) is 14.8 Å². The second kappa shape index (κ2) is 4.70. The fraction of sp³-hybridized carbons (Fsp3) is 0.400. The molecule has 4 nitrogen and oxygen atoms in total. The second-order valence-corrected chi connectivity index (χ2v) is 6.38. The normalized spacial score (nSPS) is 11.6. The van der Waals surface area contributed by atoms with E-state index in [0.29, 0.717) is 0 Å². The number of halogens is 2. The maximum Gasteiger partial charge on any atom is 0.236 e. The van der Waals surface area contributed by atoms with E-state index in [1.54, 1.807) is 0 Å². The van der Waals surface area contributed by atoms with E-state index >= 15 is 0 Å². The van der Waals surface area contributed by atoms with Gasteiger partial charge in [-0.25, -0.2) is 12.8 Å². The summed E-state index contributed by atoms with van der Waals surface area (Å²) in [6, 6.07) is 0. The van der Waals surface area contributed by atoms with Crippen molar-refractivity contribution >= 4 is 19.7 Å². The fourth-order valence-electron chi connectivity index (χ4n) is 1.60. The Morgan fingerprint density at radius 3 is 2.29 bits per heavy atom. The monoisotopic (exact) mass is 282 g/mol. The summed E-state index contributed by atoms with van der Waals surface area (Å²) in [6.07, 6.45) is 0. The molecule has 0 saturated carbocycles. The molecule has 0 aliphatic rings. The number of hydrogen-bond donors (Lipinski definition) is 1. The summed E-state index contributed by atoms with van der Waals surface area (Å²) >= 11 is 0. The van der Waals surface area contributed by atoms with Gasteiger partial charge in [-0.05, 0) is 19.4 Å². The van der Waals surface area contributed by atoms with Gasteiger partial charge in [-0.15, -0.1) is 0 Å². The molecule has 0 saturated heterocycles. The molecule has 0 unspecified atom stereocenters. The van der Waals surface area contributed by atoms with Gasteiger partial charge in [0.15, 0.2) is 11.5 Å². The molecular formula is C10H12ClFO4S. The first-order valence-electron chi connectivity index (χ1n) is 4.65. The van der Waals surface area contributed by atoms with Gasteiger partial charge in [0.2, 0.25) is 9.05 Å². The summed E-state index contributed by atoms with van der Waals surface area (Å²) in [5.41, 5.74) is 0.0863. The number of ether oxygens (including phenoxy) is 1. The number of methoxy groups -OCH3 is 1. The van der Waals surface area contributed by atoms with Crippen LogP contribution in [0.15, 0.2) is 0 Å². The van der Waals surface area contributed by atoms with Gasteiger partial charge in [-0.3, -0.25) is 0 Å². The van der Waals surface area contributed by atoms with Gasteiger partial charge >= 0.3 is 0 Å². The van der Waals surface area contributed by atoms with Crippen LogP contribution in [0.5, 0.6) is 11.5 Å². The third-order valence-corrected chi connectivity index (χ3v) is 3.43. The van der Waals surface area contributed by atoms with Crippen molar-refractivity contribution in [2.45, 2.75) is 19.6 Å². The van der Waals surface area contributed by atoms with E-state index < -0.39 is 26.4 Å². The van der Waals surface area contributed by atoms with Crippen LogP contribution in [0.2, 0.25) is 0 Å². The number of phenols is 1. The van der Waals surface area contributed by atoms with Crippen molar-refractivity contribution in [3.63, 3.8) is 0 Å². The minimum Gasteiger partial charge on any atom is -0.504 e. The van der Waals surface area contributed by atoms with Gasteiger partial charge in [0.25, 0.3) is 0 Å². The summed E-state index contributed by atoms with van der Waals surface area (Å²) in [7, 11) is 2.47. The molecule has 0 fully saturated rings.